The van der Waals surface area contributed by atoms with E-state index in [0.717, 1.165) is 26.0 Å². The predicted molar refractivity (Wildman–Crippen MR) is 141 cm³/mol. The first-order valence-corrected chi connectivity index (χ1v) is 12.2. The number of para-hydroxylation sites is 1. The number of aromatic nitrogens is 1. The van der Waals surface area contributed by atoms with Gasteiger partial charge in [0.1, 0.15) is 10.8 Å². The van der Waals surface area contributed by atoms with E-state index in [0.29, 0.717) is 37.1 Å². The highest BCUT2D eigenvalue weighted by Crippen LogP contribution is 2.40. The van der Waals surface area contributed by atoms with Crippen molar-refractivity contribution in [1.29, 1.82) is 0 Å². The number of carbonyl (C=O) groups excluding carboxylic acids is 1. The first kappa shape index (κ1) is 22.2. The standard InChI is InChI=1S/C25H15BrCl2N2O2S/c1-32-23-16(10-13-6-2-3-7-14(13)22(23)26)24(31)29-20-11-15(17(27)12-18(20)28)25-30-19-8-4-5-9-21(19)33-25/h2-12H,1H3,(H,29,31). The Morgan fingerprint density at radius 3 is 2.58 bits per heavy atom. The van der Waals surface area contributed by atoms with Crippen molar-refractivity contribution in [2.24, 2.45) is 0 Å². The SMILES string of the molecule is COc1c(C(=O)Nc2cc(-c3nc4ccccc4s3)c(Cl)cc2Cl)cc2ccccc2c1Br. The Kier molecular flexibility index (Phi) is 6.01. The Morgan fingerprint density at radius 1 is 1.03 bits per heavy atom. The number of amides is 1. The second kappa shape index (κ2) is 8.95. The van der Waals surface area contributed by atoms with Crippen LogP contribution in [0.2, 0.25) is 10.0 Å². The summed E-state index contributed by atoms with van der Waals surface area (Å²) >= 11 is 18.0. The summed E-state index contributed by atoms with van der Waals surface area (Å²) in [7, 11) is 1.53. The number of fused-ring (bicyclic) bond motifs is 2. The van der Waals surface area contributed by atoms with Gasteiger partial charge >= 0.3 is 0 Å². The number of hydrogen-bond donors (Lipinski definition) is 1. The summed E-state index contributed by atoms with van der Waals surface area (Å²) in [6.45, 7) is 0. The van der Waals surface area contributed by atoms with Crippen LogP contribution in [0.5, 0.6) is 5.75 Å². The molecule has 5 aromatic rings. The number of ether oxygens (including phenoxy) is 1. The first-order valence-electron chi connectivity index (χ1n) is 9.88. The molecule has 1 heterocycles. The van der Waals surface area contributed by atoms with Crippen LogP contribution in [0, 0.1) is 0 Å². The highest BCUT2D eigenvalue weighted by atomic mass is 79.9. The summed E-state index contributed by atoms with van der Waals surface area (Å²) in [6.07, 6.45) is 0. The van der Waals surface area contributed by atoms with Gasteiger partial charge in [-0.05, 0) is 57.0 Å². The molecule has 0 radical (unpaired) electrons. The summed E-state index contributed by atoms with van der Waals surface area (Å²) in [4.78, 5) is 18.0. The molecule has 0 spiro atoms. The van der Waals surface area contributed by atoms with Gasteiger partial charge in [0.25, 0.3) is 5.91 Å². The lowest BCUT2D eigenvalue weighted by atomic mass is 10.0. The number of benzene rings is 4. The molecule has 0 aliphatic heterocycles. The number of nitrogens with one attached hydrogen (secondary N) is 1. The molecule has 0 saturated heterocycles. The lowest BCUT2D eigenvalue weighted by Gasteiger charge is -2.15. The van der Waals surface area contributed by atoms with Crippen LogP contribution >= 0.6 is 50.5 Å². The van der Waals surface area contributed by atoms with Gasteiger partial charge in [0.15, 0.2) is 0 Å². The van der Waals surface area contributed by atoms with E-state index in [1.165, 1.54) is 18.4 Å². The Morgan fingerprint density at radius 2 is 1.79 bits per heavy atom. The normalized spacial score (nSPS) is 11.2. The van der Waals surface area contributed by atoms with Crippen molar-refractivity contribution in [3.63, 3.8) is 0 Å². The van der Waals surface area contributed by atoms with Gasteiger partial charge in [-0.2, -0.15) is 0 Å². The van der Waals surface area contributed by atoms with Crippen molar-refractivity contribution in [1.82, 2.24) is 4.98 Å². The zero-order valence-corrected chi connectivity index (χ0v) is 21.1. The summed E-state index contributed by atoms with van der Waals surface area (Å²) in [5.74, 6) is 0.0976. The van der Waals surface area contributed by atoms with E-state index in [2.05, 4.69) is 26.2 Å². The average Bonchev–Trinajstić information content (AvgIpc) is 3.24. The zero-order valence-electron chi connectivity index (χ0n) is 17.2. The molecule has 4 nitrogen and oxygen atoms in total. The number of thiazole rings is 1. The van der Waals surface area contributed by atoms with E-state index in [1.54, 1.807) is 18.2 Å². The number of methoxy groups -OCH3 is 1. The summed E-state index contributed by atoms with van der Waals surface area (Å²) < 4.78 is 7.31. The highest BCUT2D eigenvalue weighted by molar-refractivity contribution is 9.10. The van der Waals surface area contributed by atoms with E-state index in [4.69, 9.17) is 27.9 Å². The number of rotatable bonds is 4. The van der Waals surface area contributed by atoms with Crippen molar-refractivity contribution < 1.29 is 9.53 Å². The number of carbonyl (C=O) groups is 1. The van der Waals surface area contributed by atoms with Crippen LogP contribution in [0.1, 0.15) is 10.4 Å². The van der Waals surface area contributed by atoms with Gasteiger partial charge in [0, 0.05) is 5.56 Å². The van der Waals surface area contributed by atoms with Crippen LogP contribution in [0.4, 0.5) is 5.69 Å². The molecule has 0 atom stereocenters. The molecule has 8 heteroatoms. The maximum atomic E-state index is 13.3. The second-order valence-electron chi connectivity index (χ2n) is 7.25. The molecule has 0 saturated carbocycles. The highest BCUT2D eigenvalue weighted by Gasteiger charge is 2.20. The minimum Gasteiger partial charge on any atom is -0.495 e. The van der Waals surface area contributed by atoms with Crippen LogP contribution in [-0.2, 0) is 0 Å². The van der Waals surface area contributed by atoms with E-state index in [9.17, 15) is 4.79 Å². The lowest BCUT2D eigenvalue weighted by molar-refractivity contribution is 0.102. The van der Waals surface area contributed by atoms with Crippen LogP contribution in [0.25, 0.3) is 31.6 Å². The van der Waals surface area contributed by atoms with Gasteiger partial charge in [-0.15, -0.1) is 11.3 Å². The molecule has 0 unspecified atom stereocenters. The van der Waals surface area contributed by atoms with Crippen LogP contribution in [0.15, 0.2) is 71.2 Å². The largest absolute Gasteiger partial charge is 0.495 e. The molecule has 4 aromatic carbocycles. The van der Waals surface area contributed by atoms with Crippen molar-refractivity contribution >= 4 is 83.1 Å². The zero-order chi connectivity index (χ0) is 23.1. The molecule has 1 aromatic heterocycles. The van der Waals surface area contributed by atoms with E-state index in [-0.39, 0.29) is 5.91 Å². The Labute approximate surface area is 212 Å². The van der Waals surface area contributed by atoms with E-state index >= 15 is 0 Å². The maximum Gasteiger partial charge on any atom is 0.259 e. The first-order chi connectivity index (χ1) is 16.0. The fraction of sp³-hybridized carbons (Fsp3) is 0.0400. The van der Waals surface area contributed by atoms with E-state index < -0.39 is 0 Å². The van der Waals surface area contributed by atoms with Gasteiger partial charge in [-0.1, -0.05) is 59.6 Å². The smallest absolute Gasteiger partial charge is 0.259 e. The third kappa shape index (κ3) is 4.08. The quantitative estimate of drug-likeness (QED) is 0.241. The van der Waals surface area contributed by atoms with Gasteiger partial charge in [-0.25, -0.2) is 4.98 Å². The minimum atomic E-state index is -0.349. The van der Waals surface area contributed by atoms with Crippen molar-refractivity contribution in [2.45, 2.75) is 0 Å². The predicted octanol–water partition coefficient (Wildman–Crippen LogP) is 8.45. The van der Waals surface area contributed by atoms with Crippen molar-refractivity contribution in [3.8, 4) is 16.3 Å². The summed E-state index contributed by atoms with van der Waals surface area (Å²) in [5.41, 5.74) is 2.41. The Bertz CT molecular complexity index is 1520. The third-order valence-corrected chi connectivity index (χ3v) is 7.70. The van der Waals surface area contributed by atoms with Crippen LogP contribution < -0.4 is 10.1 Å². The molecular formula is C25H15BrCl2N2O2S. The van der Waals surface area contributed by atoms with Crippen LogP contribution in [-0.4, -0.2) is 18.0 Å². The monoisotopic (exact) mass is 556 g/mol. The molecule has 0 aliphatic rings. The molecule has 164 valence electrons. The minimum absolute atomic E-state index is 0.331. The number of halogens is 3. The molecule has 1 amide bonds. The molecule has 5 rings (SSSR count). The van der Waals surface area contributed by atoms with Gasteiger partial charge in [-0.3, -0.25) is 4.79 Å². The molecule has 0 fully saturated rings. The molecule has 33 heavy (non-hydrogen) atoms. The van der Waals surface area contributed by atoms with Crippen molar-refractivity contribution in [3.05, 3.63) is 86.8 Å². The molecule has 0 aliphatic carbocycles. The number of hydrogen-bond acceptors (Lipinski definition) is 4. The van der Waals surface area contributed by atoms with Gasteiger partial charge in [0.2, 0.25) is 0 Å². The van der Waals surface area contributed by atoms with Gasteiger partial charge < -0.3 is 10.1 Å². The summed E-state index contributed by atoms with van der Waals surface area (Å²) in [6, 6.07) is 20.8. The molecule has 1 N–H and O–H groups in total. The summed E-state index contributed by atoms with van der Waals surface area (Å²) in [5, 5.41) is 6.31. The van der Waals surface area contributed by atoms with Crippen molar-refractivity contribution in [2.75, 3.05) is 12.4 Å². The number of nitrogens with zero attached hydrogens (tertiary/aromatic N) is 1. The Balaban J connectivity index is 1.56. The van der Waals surface area contributed by atoms with E-state index in [1.807, 2.05) is 48.5 Å². The molecular weight excluding hydrogens is 543 g/mol. The third-order valence-electron chi connectivity index (χ3n) is 5.22. The lowest BCUT2D eigenvalue weighted by Crippen LogP contribution is -2.14. The second-order valence-corrected chi connectivity index (χ2v) is 9.88. The topological polar surface area (TPSA) is 51.2 Å². The fourth-order valence-electron chi connectivity index (χ4n) is 3.64. The number of anilines is 1. The fourth-order valence-corrected chi connectivity index (χ4v) is 5.95. The Hall–Kier alpha value is -2.64. The van der Waals surface area contributed by atoms with Gasteiger partial charge in [0.05, 0.1) is 43.1 Å². The average molecular weight is 558 g/mol. The van der Waals surface area contributed by atoms with Crippen LogP contribution in [0.3, 0.4) is 0 Å². The molecule has 0 bridgehead atoms. The maximum absolute atomic E-state index is 13.3.